The molecule has 0 fully saturated rings. The highest BCUT2D eigenvalue weighted by molar-refractivity contribution is 8.03. The molecule has 0 N–H and O–H groups in total. The predicted molar refractivity (Wildman–Crippen MR) is 111 cm³/mol. The van der Waals surface area contributed by atoms with Crippen LogP contribution in [0.2, 0.25) is 0 Å². The van der Waals surface area contributed by atoms with Crippen LogP contribution in [0.3, 0.4) is 0 Å². The van der Waals surface area contributed by atoms with Crippen LogP contribution in [0, 0.1) is 11.3 Å². The number of ketones is 1. The van der Waals surface area contributed by atoms with Crippen LogP contribution >= 0.6 is 23.5 Å². The van der Waals surface area contributed by atoms with E-state index in [1.165, 1.54) is 23.5 Å². The summed E-state index contributed by atoms with van der Waals surface area (Å²) in [5.74, 6) is -0.991. The Labute approximate surface area is 172 Å². The molecule has 0 radical (unpaired) electrons. The first-order valence-electron chi connectivity index (χ1n) is 8.57. The van der Waals surface area contributed by atoms with Crippen molar-refractivity contribution in [2.75, 3.05) is 18.6 Å². The van der Waals surface area contributed by atoms with Gasteiger partial charge in [-0.1, -0.05) is 42.1 Å². The molecule has 2 aromatic rings. The lowest BCUT2D eigenvalue weighted by atomic mass is 10.2. The summed E-state index contributed by atoms with van der Waals surface area (Å²) in [5.41, 5.74) is 0.938. The van der Waals surface area contributed by atoms with Crippen LogP contribution < -0.4 is 4.90 Å². The molecular weight excluding hydrogens is 392 g/mol. The van der Waals surface area contributed by atoms with Crippen molar-refractivity contribution in [1.29, 1.82) is 5.26 Å². The SMILES string of the molecule is C[C@H](Sc1ccccc1)C(=O)OCC(=O)/C(C#N)=C1\Sc2ccccc2N1C. The Morgan fingerprint density at radius 1 is 1.18 bits per heavy atom. The van der Waals surface area contributed by atoms with Crippen molar-refractivity contribution < 1.29 is 14.3 Å². The monoisotopic (exact) mass is 410 g/mol. The van der Waals surface area contributed by atoms with Gasteiger partial charge in [0.15, 0.2) is 6.61 Å². The number of hydrogen-bond donors (Lipinski definition) is 0. The molecule has 1 aliphatic heterocycles. The predicted octanol–water partition coefficient (Wildman–Crippen LogP) is 4.26. The number of para-hydroxylation sites is 1. The van der Waals surface area contributed by atoms with Crippen LogP contribution in [0.15, 0.2) is 75.0 Å². The molecule has 7 heteroatoms. The van der Waals surface area contributed by atoms with Crippen molar-refractivity contribution in [1.82, 2.24) is 0 Å². The number of carbonyl (C=O) groups is 2. The zero-order valence-corrected chi connectivity index (χ0v) is 17.0. The minimum Gasteiger partial charge on any atom is -0.456 e. The Morgan fingerprint density at radius 3 is 2.54 bits per heavy atom. The molecule has 0 spiro atoms. The molecule has 1 heterocycles. The third-order valence-electron chi connectivity index (χ3n) is 4.08. The van der Waals surface area contributed by atoms with Crippen molar-refractivity contribution in [2.24, 2.45) is 0 Å². The van der Waals surface area contributed by atoms with Gasteiger partial charge in [0.25, 0.3) is 0 Å². The van der Waals surface area contributed by atoms with Crippen molar-refractivity contribution in [3.05, 3.63) is 65.2 Å². The fraction of sp³-hybridized carbons (Fsp3) is 0.190. The summed E-state index contributed by atoms with van der Waals surface area (Å²) in [4.78, 5) is 28.5. The van der Waals surface area contributed by atoms with Crippen LogP contribution in [-0.4, -0.2) is 30.7 Å². The van der Waals surface area contributed by atoms with Crippen molar-refractivity contribution in [3.8, 4) is 6.07 Å². The highest BCUT2D eigenvalue weighted by Gasteiger charge is 2.28. The van der Waals surface area contributed by atoms with Crippen molar-refractivity contribution in [3.63, 3.8) is 0 Å². The van der Waals surface area contributed by atoms with Gasteiger partial charge in [-0.3, -0.25) is 9.59 Å². The molecule has 2 aromatic carbocycles. The Hall–Kier alpha value is -2.69. The Kier molecular flexibility index (Phi) is 6.45. The van der Waals surface area contributed by atoms with E-state index in [0.717, 1.165) is 15.5 Å². The van der Waals surface area contributed by atoms with Gasteiger partial charge in [0, 0.05) is 16.8 Å². The van der Waals surface area contributed by atoms with Crippen LogP contribution in [-0.2, 0) is 14.3 Å². The normalized spacial score (nSPS) is 15.4. The number of anilines is 1. The lowest BCUT2D eigenvalue weighted by Gasteiger charge is -2.15. The smallest absolute Gasteiger partial charge is 0.319 e. The number of fused-ring (bicyclic) bond motifs is 1. The van der Waals surface area contributed by atoms with Gasteiger partial charge in [-0.05, 0) is 31.2 Å². The lowest BCUT2D eigenvalue weighted by molar-refractivity contribution is -0.146. The summed E-state index contributed by atoms with van der Waals surface area (Å²) in [6, 6.07) is 19.1. The summed E-state index contributed by atoms with van der Waals surface area (Å²) in [5, 5.41) is 9.60. The van der Waals surface area contributed by atoms with Crippen molar-refractivity contribution >= 4 is 41.0 Å². The Bertz CT molecular complexity index is 967. The van der Waals surface area contributed by atoms with Gasteiger partial charge >= 0.3 is 5.97 Å². The van der Waals surface area contributed by atoms with Gasteiger partial charge in [0.1, 0.15) is 21.9 Å². The van der Waals surface area contributed by atoms with Crippen molar-refractivity contribution in [2.45, 2.75) is 22.0 Å². The Balaban J connectivity index is 1.64. The molecule has 0 amide bonds. The summed E-state index contributed by atoms with van der Waals surface area (Å²) < 4.78 is 5.17. The van der Waals surface area contributed by atoms with E-state index >= 15 is 0 Å². The molecule has 0 unspecified atom stereocenters. The van der Waals surface area contributed by atoms with Gasteiger partial charge in [0.05, 0.1) is 5.69 Å². The summed E-state index contributed by atoms with van der Waals surface area (Å²) in [7, 11) is 1.81. The molecule has 1 aliphatic rings. The first kappa shape index (κ1) is 20.1. The molecule has 0 saturated carbocycles. The van der Waals surface area contributed by atoms with Gasteiger partial charge < -0.3 is 9.64 Å². The number of rotatable bonds is 6. The second-order valence-electron chi connectivity index (χ2n) is 6.02. The molecule has 0 saturated heterocycles. The average Bonchev–Trinajstić information content (AvgIpc) is 3.04. The summed E-state index contributed by atoms with van der Waals surface area (Å²) >= 11 is 2.72. The quantitative estimate of drug-likeness (QED) is 0.305. The van der Waals surface area contributed by atoms with Crippen LogP contribution in [0.1, 0.15) is 6.92 Å². The maximum atomic E-state index is 12.5. The molecule has 0 bridgehead atoms. The molecule has 142 valence electrons. The number of thioether (sulfide) groups is 2. The zero-order valence-electron chi connectivity index (χ0n) is 15.4. The molecule has 5 nitrogen and oxygen atoms in total. The second-order valence-corrected chi connectivity index (χ2v) is 8.47. The fourth-order valence-corrected chi connectivity index (χ4v) is 4.68. The minimum absolute atomic E-state index is 0.000125. The van der Waals surface area contributed by atoms with E-state index in [9.17, 15) is 14.9 Å². The van der Waals surface area contributed by atoms with Crippen LogP contribution in [0.5, 0.6) is 0 Å². The summed E-state index contributed by atoms with van der Waals surface area (Å²) in [6.07, 6.45) is 0. The number of nitrogens with zero attached hydrogens (tertiary/aromatic N) is 2. The number of esters is 1. The van der Waals surface area contributed by atoms with E-state index in [4.69, 9.17) is 4.74 Å². The highest BCUT2D eigenvalue weighted by Crippen LogP contribution is 2.46. The van der Waals surface area contributed by atoms with E-state index in [0.29, 0.717) is 5.03 Å². The standard InChI is InChI=1S/C21H18N2O3S2/c1-14(27-15-8-4-3-5-9-15)21(25)26-13-18(24)16(12-22)20-23(2)17-10-6-7-11-19(17)28-20/h3-11,14H,13H2,1-2H3/b20-16-/t14-/m0/s1. The van der Waals surface area contributed by atoms with Gasteiger partial charge in [-0.25, -0.2) is 0 Å². The van der Waals surface area contributed by atoms with E-state index < -0.39 is 23.6 Å². The first-order chi connectivity index (χ1) is 13.5. The van der Waals surface area contributed by atoms with Crippen LogP contribution in [0.25, 0.3) is 0 Å². The number of hydrogen-bond acceptors (Lipinski definition) is 7. The summed E-state index contributed by atoms with van der Waals surface area (Å²) in [6.45, 7) is 1.28. The topological polar surface area (TPSA) is 70.4 Å². The number of nitriles is 1. The highest BCUT2D eigenvalue weighted by atomic mass is 32.2. The maximum absolute atomic E-state index is 12.5. The molecule has 28 heavy (non-hydrogen) atoms. The Morgan fingerprint density at radius 2 is 1.86 bits per heavy atom. The van der Waals surface area contributed by atoms with E-state index in [2.05, 4.69) is 0 Å². The first-order valence-corrected chi connectivity index (χ1v) is 10.3. The molecular formula is C21H18N2O3S2. The van der Waals surface area contributed by atoms with Gasteiger partial charge in [-0.15, -0.1) is 11.8 Å². The largest absolute Gasteiger partial charge is 0.456 e. The number of benzene rings is 2. The second kappa shape index (κ2) is 9.00. The maximum Gasteiger partial charge on any atom is 0.319 e. The molecule has 1 atom stereocenters. The number of carbonyl (C=O) groups excluding carboxylic acids is 2. The van der Waals surface area contributed by atoms with Crippen LogP contribution in [0.4, 0.5) is 5.69 Å². The minimum atomic E-state index is -0.505. The van der Waals surface area contributed by atoms with Gasteiger partial charge in [0.2, 0.25) is 5.78 Å². The van der Waals surface area contributed by atoms with E-state index in [1.807, 2.05) is 72.6 Å². The number of ether oxygens (including phenoxy) is 1. The van der Waals surface area contributed by atoms with E-state index in [1.54, 1.807) is 6.92 Å². The molecule has 0 aromatic heterocycles. The van der Waals surface area contributed by atoms with Gasteiger partial charge in [-0.2, -0.15) is 5.26 Å². The third-order valence-corrected chi connectivity index (χ3v) is 6.40. The number of Topliss-reactive ketones (excluding diaryl/α,β-unsaturated/α-hetero) is 1. The fourth-order valence-electron chi connectivity index (χ4n) is 2.63. The lowest BCUT2D eigenvalue weighted by Crippen LogP contribution is -2.23. The third kappa shape index (κ3) is 4.41. The van der Waals surface area contributed by atoms with E-state index in [-0.39, 0.29) is 5.57 Å². The molecule has 3 rings (SSSR count). The zero-order chi connectivity index (χ0) is 20.1. The average molecular weight is 411 g/mol. The molecule has 0 aliphatic carbocycles.